The number of benzene rings is 2. The van der Waals surface area contributed by atoms with Gasteiger partial charge in [-0.1, -0.05) is 12.1 Å². The topological polar surface area (TPSA) is 107 Å². The van der Waals surface area contributed by atoms with E-state index in [9.17, 15) is 15.2 Å². The number of nitrogens with zero attached hydrogens (tertiary/aromatic N) is 3. The Kier molecular flexibility index (Phi) is 3.11. The predicted octanol–water partition coefficient (Wildman–Crippen LogP) is 3.44. The van der Waals surface area contributed by atoms with Gasteiger partial charge in [0, 0.05) is 18.2 Å². The Hall–Kier alpha value is -3.16. The molecule has 0 saturated carbocycles. The lowest BCUT2D eigenvalue weighted by molar-refractivity contribution is -0.384. The van der Waals surface area contributed by atoms with Crippen LogP contribution in [0.15, 0.2) is 46.6 Å². The first-order chi connectivity index (χ1) is 10.1. The molecular weight excluding hydrogens is 278 g/mol. The van der Waals surface area contributed by atoms with Crippen molar-refractivity contribution in [2.24, 2.45) is 10.2 Å². The van der Waals surface area contributed by atoms with E-state index in [-0.39, 0.29) is 29.6 Å². The van der Waals surface area contributed by atoms with E-state index >= 15 is 0 Å². The summed E-state index contributed by atoms with van der Waals surface area (Å²) >= 11 is 0. The summed E-state index contributed by atoms with van der Waals surface area (Å²) in [6.45, 7) is 0.0690. The van der Waals surface area contributed by atoms with E-state index in [4.69, 9.17) is 9.47 Å². The predicted molar refractivity (Wildman–Crippen MR) is 71.5 cm³/mol. The minimum Gasteiger partial charge on any atom is -0.505 e. The van der Waals surface area contributed by atoms with Crippen molar-refractivity contribution < 1.29 is 19.5 Å². The second-order valence-electron chi connectivity index (χ2n) is 4.14. The van der Waals surface area contributed by atoms with E-state index in [2.05, 4.69) is 10.2 Å². The van der Waals surface area contributed by atoms with Gasteiger partial charge in [0.05, 0.1) is 4.92 Å². The summed E-state index contributed by atoms with van der Waals surface area (Å²) < 4.78 is 10.3. The van der Waals surface area contributed by atoms with E-state index in [0.717, 1.165) is 0 Å². The zero-order valence-electron chi connectivity index (χ0n) is 10.6. The van der Waals surface area contributed by atoms with Crippen molar-refractivity contribution in [3.63, 3.8) is 0 Å². The number of fused-ring (bicyclic) bond motifs is 1. The molecule has 0 aliphatic carbocycles. The second kappa shape index (κ2) is 5.08. The molecule has 1 N–H and O–H groups in total. The summed E-state index contributed by atoms with van der Waals surface area (Å²) in [4.78, 5) is 10.3. The number of nitro groups is 1. The van der Waals surface area contributed by atoms with Crippen LogP contribution in [0.25, 0.3) is 0 Å². The molecule has 8 heteroatoms. The quantitative estimate of drug-likeness (QED) is 0.528. The van der Waals surface area contributed by atoms with Gasteiger partial charge in [-0.05, 0) is 6.07 Å². The van der Waals surface area contributed by atoms with Gasteiger partial charge in [-0.25, -0.2) is 0 Å². The molecule has 21 heavy (non-hydrogen) atoms. The minimum atomic E-state index is -0.548. The highest BCUT2D eigenvalue weighted by atomic mass is 16.7. The maximum Gasteiger partial charge on any atom is 0.296 e. The monoisotopic (exact) mass is 287 g/mol. The zero-order chi connectivity index (χ0) is 14.8. The second-order valence-corrected chi connectivity index (χ2v) is 4.14. The molecule has 8 nitrogen and oxygen atoms in total. The fourth-order valence-electron chi connectivity index (χ4n) is 1.81. The summed E-state index contributed by atoms with van der Waals surface area (Å²) in [5.74, 6) is 0.697. The number of aromatic hydroxyl groups is 1. The summed E-state index contributed by atoms with van der Waals surface area (Å²) in [6, 6.07) is 8.75. The van der Waals surface area contributed by atoms with Gasteiger partial charge in [-0.3, -0.25) is 10.1 Å². The van der Waals surface area contributed by atoms with Crippen LogP contribution in [0.1, 0.15) is 0 Å². The van der Waals surface area contributed by atoms with Crippen LogP contribution < -0.4 is 9.47 Å². The van der Waals surface area contributed by atoms with E-state index in [1.165, 1.54) is 30.3 Å². The van der Waals surface area contributed by atoms with Gasteiger partial charge in [0.2, 0.25) is 6.79 Å². The maximum atomic E-state index is 10.9. The molecule has 1 heterocycles. The third kappa shape index (κ3) is 2.46. The van der Waals surface area contributed by atoms with Crippen LogP contribution in [0.5, 0.6) is 17.2 Å². The Balaban J connectivity index is 1.96. The number of hydrogen-bond donors (Lipinski definition) is 1. The average Bonchev–Trinajstić information content (AvgIpc) is 2.92. The molecule has 0 spiro atoms. The first kappa shape index (κ1) is 12.9. The molecule has 2 aromatic carbocycles. The van der Waals surface area contributed by atoms with E-state index in [0.29, 0.717) is 11.5 Å². The van der Waals surface area contributed by atoms with Crippen molar-refractivity contribution >= 4 is 17.1 Å². The summed E-state index contributed by atoms with van der Waals surface area (Å²) in [7, 11) is 0. The number of azo groups is 1. The summed E-state index contributed by atoms with van der Waals surface area (Å²) in [6.07, 6.45) is 0. The molecular formula is C13H9N3O5. The van der Waals surface area contributed by atoms with Gasteiger partial charge in [0.15, 0.2) is 17.2 Å². The van der Waals surface area contributed by atoms with Crippen LogP contribution in [-0.2, 0) is 0 Å². The molecule has 106 valence electrons. The van der Waals surface area contributed by atoms with Gasteiger partial charge in [0.25, 0.3) is 5.69 Å². The Morgan fingerprint density at radius 1 is 1.10 bits per heavy atom. The SMILES string of the molecule is O=[N+]([O-])c1ccccc1N=Nc1cc2c(cc1O)OCO2. The van der Waals surface area contributed by atoms with Crippen molar-refractivity contribution in [1.82, 2.24) is 0 Å². The molecule has 0 atom stereocenters. The van der Waals surface area contributed by atoms with Gasteiger partial charge in [-0.2, -0.15) is 0 Å². The maximum absolute atomic E-state index is 10.9. The Labute approximate surface area is 118 Å². The Morgan fingerprint density at radius 3 is 2.52 bits per heavy atom. The smallest absolute Gasteiger partial charge is 0.296 e. The highest BCUT2D eigenvalue weighted by Gasteiger charge is 2.17. The molecule has 0 bridgehead atoms. The summed E-state index contributed by atoms with van der Waals surface area (Å²) in [5.41, 5.74) is 0.0680. The molecule has 1 aliphatic rings. The van der Waals surface area contributed by atoms with Gasteiger partial charge < -0.3 is 14.6 Å². The standard InChI is InChI=1S/C13H9N3O5/c17-11-6-13-12(20-7-21-13)5-9(11)15-14-8-3-1-2-4-10(8)16(18)19/h1-6,17H,7H2. The third-order valence-corrected chi connectivity index (χ3v) is 2.81. The molecule has 0 saturated heterocycles. The Bertz CT molecular complexity index is 745. The van der Waals surface area contributed by atoms with Crippen LogP contribution in [0.3, 0.4) is 0 Å². The van der Waals surface area contributed by atoms with Crippen LogP contribution >= 0.6 is 0 Å². The minimum absolute atomic E-state index is 0.0690. The average molecular weight is 287 g/mol. The lowest BCUT2D eigenvalue weighted by atomic mass is 10.2. The molecule has 0 aromatic heterocycles. The number of phenolic OH excluding ortho intramolecular Hbond substituents is 1. The third-order valence-electron chi connectivity index (χ3n) is 2.81. The highest BCUT2D eigenvalue weighted by Crippen LogP contribution is 2.42. The van der Waals surface area contributed by atoms with E-state index in [1.807, 2.05) is 0 Å². The normalized spacial score (nSPS) is 12.8. The van der Waals surface area contributed by atoms with Crippen LogP contribution in [0.2, 0.25) is 0 Å². The molecule has 0 unspecified atom stereocenters. The lowest BCUT2D eigenvalue weighted by Gasteiger charge is -2.00. The first-order valence-corrected chi connectivity index (χ1v) is 5.93. The van der Waals surface area contributed by atoms with Crippen molar-refractivity contribution in [3.05, 3.63) is 46.5 Å². The number of rotatable bonds is 3. The molecule has 2 aromatic rings. The fraction of sp³-hybridized carbons (Fsp3) is 0.0769. The highest BCUT2D eigenvalue weighted by molar-refractivity contribution is 5.62. The number of hydrogen-bond acceptors (Lipinski definition) is 7. The van der Waals surface area contributed by atoms with Crippen molar-refractivity contribution in [2.75, 3.05) is 6.79 Å². The van der Waals surface area contributed by atoms with Crippen molar-refractivity contribution in [3.8, 4) is 17.2 Å². The van der Waals surface area contributed by atoms with Crippen molar-refractivity contribution in [1.29, 1.82) is 0 Å². The van der Waals surface area contributed by atoms with Crippen LogP contribution in [0.4, 0.5) is 17.1 Å². The largest absolute Gasteiger partial charge is 0.505 e. The molecule has 0 amide bonds. The lowest BCUT2D eigenvalue weighted by Crippen LogP contribution is -1.92. The molecule has 0 fully saturated rings. The molecule has 1 aliphatic heterocycles. The molecule has 3 rings (SSSR count). The fourth-order valence-corrected chi connectivity index (χ4v) is 1.81. The zero-order valence-corrected chi connectivity index (χ0v) is 10.6. The summed E-state index contributed by atoms with van der Waals surface area (Å²) in [5, 5.41) is 28.3. The van der Waals surface area contributed by atoms with E-state index < -0.39 is 4.92 Å². The Morgan fingerprint density at radius 2 is 1.76 bits per heavy atom. The molecule has 0 radical (unpaired) electrons. The number of para-hydroxylation sites is 1. The number of ether oxygens (including phenoxy) is 2. The van der Waals surface area contributed by atoms with Gasteiger partial charge in [0.1, 0.15) is 11.4 Å². The van der Waals surface area contributed by atoms with Crippen molar-refractivity contribution in [2.45, 2.75) is 0 Å². The van der Waals surface area contributed by atoms with Gasteiger partial charge in [-0.15, -0.1) is 10.2 Å². The van der Waals surface area contributed by atoms with Crippen LogP contribution in [0, 0.1) is 10.1 Å². The number of phenols is 1. The first-order valence-electron chi connectivity index (χ1n) is 5.93. The van der Waals surface area contributed by atoms with E-state index in [1.54, 1.807) is 6.07 Å². The van der Waals surface area contributed by atoms with Crippen LogP contribution in [-0.4, -0.2) is 16.8 Å². The number of nitro benzene ring substituents is 1. The van der Waals surface area contributed by atoms with Gasteiger partial charge >= 0.3 is 0 Å².